The molecule has 0 radical (unpaired) electrons. The molecular weight excluding hydrogens is 252 g/mol. The molecule has 0 N–H and O–H groups in total. The molecule has 0 heterocycles. The number of unbranched alkanes of at least 4 members (excludes halogenated alkanes) is 1. The van der Waals surface area contributed by atoms with Crippen LogP contribution in [0, 0.1) is 0 Å². The second kappa shape index (κ2) is 9.59. The van der Waals surface area contributed by atoms with Crippen LogP contribution in [0.1, 0.15) is 61.3 Å². The van der Waals surface area contributed by atoms with E-state index in [9.17, 15) is 0 Å². The van der Waals surface area contributed by atoms with Crippen molar-refractivity contribution in [2.45, 2.75) is 77.9 Å². The van der Waals surface area contributed by atoms with Gasteiger partial charge in [-0.15, -0.1) is 0 Å². The molecule has 0 saturated carbocycles. The van der Waals surface area contributed by atoms with Gasteiger partial charge in [-0.3, -0.25) is 0 Å². The summed E-state index contributed by atoms with van der Waals surface area (Å²) in [6.45, 7) is 17.6. The molecule has 0 aromatic heterocycles. The molecule has 0 aliphatic carbocycles. The lowest BCUT2D eigenvalue weighted by Gasteiger charge is -2.41. The lowest BCUT2D eigenvalue weighted by atomic mass is 10.4. The van der Waals surface area contributed by atoms with Crippen molar-refractivity contribution in [3.8, 4) is 0 Å². The van der Waals surface area contributed by atoms with Gasteiger partial charge in [-0.05, 0) is 29.1 Å². The van der Waals surface area contributed by atoms with Crippen molar-refractivity contribution in [3.05, 3.63) is 12.3 Å². The van der Waals surface area contributed by atoms with E-state index in [1.807, 2.05) is 6.08 Å². The molecule has 0 saturated heterocycles. The molecule has 0 aromatic carbocycles. The minimum Gasteiger partial charge on any atom is -0.501 e. The van der Waals surface area contributed by atoms with Crippen LogP contribution in [0.3, 0.4) is 0 Å². The van der Waals surface area contributed by atoms with Gasteiger partial charge in [-0.1, -0.05) is 54.9 Å². The molecule has 0 rings (SSSR count). The van der Waals surface area contributed by atoms with Crippen molar-refractivity contribution in [2.75, 3.05) is 13.2 Å². The van der Waals surface area contributed by atoms with Gasteiger partial charge in [-0.25, -0.2) is 0 Å². The zero-order valence-electron chi connectivity index (χ0n) is 14.0. The highest BCUT2D eigenvalue weighted by Gasteiger charge is 2.44. The van der Waals surface area contributed by atoms with E-state index in [0.717, 1.165) is 13.0 Å². The molecule has 0 fully saturated rings. The first-order valence-corrected chi connectivity index (χ1v) is 9.94. The van der Waals surface area contributed by atoms with Gasteiger partial charge >= 0.3 is 0 Å². The van der Waals surface area contributed by atoms with Gasteiger partial charge in [-0.2, -0.15) is 0 Å². The predicted octanol–water partition coefficient (Wildman–Crippen LogP) is 5.51. The highest BCUT2D eigenvalue weighted by Crippen LogP contribution is 2.42. The second-order valence-corrected chi connectivity index (χ2v) is 11.7. The molecule has 0 unspecified atom stereocenters. The molecule has 0 aliphatic rings. The first-order chi connectivity index (χ1) is 8.89. The molecule has 114 valence electrons. The van der Waals surface area contributed by atoms with E-state index >= 15 is 0 Å². The Hall–Kier alpha value is -0.283. The molecule has 0 amide bonds. The van der Waals surface area contributed by atoms with E-state index in [0.29, 0.717) is 23.2 Å². The van der Waals surface area contributed by atoms with Gasteiger partial charge in [0.15, 0.2) is 0 Å². The maximum absolute atomic E-state index is 6.39. The number of hydrogen-bond donors (Lipinski definition) is 0. The van der Waals surface area contributed by atoms with Crippen molar-refractivity contribution in [2.24, 2.45) is 0 Å². The third kappa shape index (κ3) is 5.70. The van der Waals surface area contributed by atoms with Crippen LogP contribution < -0.4 is 0 Å². The Bertz CT molecular complexity index is 225. The fraction of sp³-hybridized carbons (Fsp3) is 0.875. The molecule has 0 bridgehead atoms. The molecule has 19 heavy (non-hydrogen) atoms. The van der Waals surface area contributed by atoms with Crippen LogP contribution in [0.15, 0.2) is 12.3 Å². The first-order valence-electron chi connectivity index (χ1n) is 7.80. The van der Waals surface area contributed by atoms with Gasteiger partial charge in [0.1, 0.15) is 0 Å². The highest BCUT2D eigenvalue weighted by molar-refractivity contribution is 6.77. The summed E-state index contributed by atoms with van der Waals surface area (Å²) in [6.07, 6.45) is 6.11. The average molecular weight is 287 g/mol. The summed E-state index contributed by atoms with van der Waals surface area (Å²) < 4.78 is 11.8. The number of ether oxygens (including phenoxy) is 1. The van der Waals surface area contributed by atoms with Gasteiger partial charge in [0, 0.05) is 0 Å². The fourth-order valence-electron chi connectivity index (χ4n) is 3.10. The maximum Gasteiger partial charge on any atom is 0.200 e. The monoisotopic (exact) mass is 286 g/mol. The zero-order valence-corrected chi connectivity index (χ0v) is 15.0. The van der Waals surface area contributed by atoms with Gasteiger partial charge in [0.05, 0.1) is 19.5 Å². The molecular formula is C16H34O2Si. The van der Waals surface area contributed by atoms with Crippen LogP contribution in [0.25, 0.3) is 0 Å². The molecule has 0 aliphatic heterocycles. The minimum absolute atomic E-state index is 0.641. The van der Waals surface area contributed by atoms with E-state index < -0.39 is 8.32 Å². The maximum atomic E-state index is 6.39. The van der Waals surface area contributed by atoms with Crippen LogP contribution in [0.5, 0.6) is 0 Å². The van der Waals surface area contributed by atoms with Crippen LogP contribution in [-0.4, -0.2) is 21.5 Å². The predicted molar refractivity (Wildman–Crippen MR) is 87.0 cm³/mol. The Morgan fingerprint density at radius 1 is 0.947 bits per heavy atom. The largest absolute Gasteiger partial charge is 0.501 e. The lowest BCUT2D eigenvalue weighted by molar-refractivity contribution is 0.238. The minimum atomic E-state index is -1.71. The number of rotatable bonds is 10. The summed E-state index contributed by atoms with van der Waals surface area (Å²) in [5, 5.41) is 0. The summed E-state index contributed by atoms with van der Waals surface area (Å²) >= 11 is 0. The Morgan fingerprint density at radius 3 is 1.89 bits per heavy atom. The Morgan fingerprint density at radius 2 is 1.47 bits per heavy atom. The Labute approximate surface area is 121 Å². The summed E-state index contributed by atoms with van der Waals surface area (Å²) in [6, 6.07) is 0. The topological polar surface area (TPSA) is 18.5 Å². The molecule has 0 aromatic rings. The van der Waals surface area contributed by atoms with Crippen molar-refractivity contribution >= 4 is 8.32 Å². The highest BCUT2D eigenvalue weighted by atomic mass is 28.4. The molecule has 0 atom stereocenters. The fourth-order valence-corrected chi connectivity index (χ4v) is 8.48. The summed E-state index contributed by atoms with van der Waals surface area (Å²) in [5.41, 5.74) is 1.92. The summed E-state index contributed by atoms with van der Waals surface area (Å²) in [7, 11) is -1.71. The number of hydrogen-bond acceptors (Lipinski definition) is 2. The average Bonchev–Trinajstić information content (AvgIpc) is 2.31. The SMILES string of the molecule is CCCCO/C=C\CO[Si](C(C)C)(C(C)C)C(C)C. The van der Waals surface area contributed by atoms with Crippen LogP contribution in [0.2, 0.25) is 16.6 Å². The van der Waals surface area contributed by atoms with E-state index in [4.69, 9.17) is 9.16 Å². The third-order valence-corrected chi connectivity index (χ3v) is 10.0. The summed E-state index contributed by atoms with van der Waals surface area (Å²) in [5.74, 6) is 0. The van der Waals surface area contributed by atoms with Gasteiger partial charge in [0.25, 0.3) is 0 Å². The normalized spacial score (nSPS) is 13.2. The smallest absolute Gasteiger partial charge is 0.200 e. The molecule has 2 nitrogen and oxygen atoms in total. The Kier molecular flexibility index (Phi) is 9.45. The Balaban J connectivity index is 4.36. The third-order valence-electron chi connectivity index (χ3n) is 3.94. The zero-order chi connectivity index (χ0) is 14.9. The first kappa shape index (κ1) is 18.7. The van der Waals surface area contributed by atoms with E-state index in [-0.39, 0.29) is 0 Å². The molecule has 3 heteroatoms. The standard InChI is InChI=1S/C16H34O2Si/c1-8-9-11-17-12-10-13-18-19(14(2)3,15(4)5)16(6)7/h10,12,14-16H,8-9,11,13H2,1-7H3/b12-10-. The van der Waals surface area contributed by atoms with Crippen LogP contribution in [0.4, 0.5) is 0 Å². The van der Waals surface area contributed by atoms with Crippen molar-refractivity contribution in [3.63, 3.8) is 0 Å². The van der Waals surface area contributed by atoms with Crippen LogP contribution in [-0.2, 0) is 9.16 Å². The van der Waals surface area contributed by atoms with Crippen molar-refractivity contribution < 1.29 is 9.16 Å². The van der Waals surface area contributed by atoms with E-state index in [2.05, 4.69) is 48.5 Å². The van der Waals surface area contributed by atoms with Gasteiger partial charge in [0.2, 0.25) is 8.32 Å². The second-order valence-electron chi connectivity index (χ2n) is 6.22. The van der Waals surface area contributed by atoms with Gasteiger partial charge < -0.3 is 9.16 Å². The summed E-state index contributed by atoms with van der Waals surface area (Å²) in [4.78, 5) is 0. The lowest BCUT2D eigenvalue weighted by Crippen LogP contribution is -2.47. The quantitative estimate of drug-likeness (QED) is 0.299. The van der Waals surface area contributed by atoms with Crippen molar-refractivity contribution in [1.29, 1.82) is 0 Å². The van der Waals surface area contributed by atoms with Crippen LogP contribution >= 0.6 is 0 Å². The van der Waals surface area contributed by atoms with Crippen molar-refractivity contribution in [1.82, 2.24) is 0 Å². The van der Waals surface area contributed by atoms with E-state index in [1.165, 1.54) is 6.42 Å². The molecule has 0 spiro atoms. The van der Waals surface area contributed by atoms with E-state index in [1.54, 1.807) is 6.26 Å².